The molecule has 5 heterocycles. The number of amides is 4. The second kappa shape index (κ2) is 17.9. The Hall–Kier alpha value is -6.80. The van der Waals surface area contributed by atoms with E-state index in [2.05, 4.69) is 36.4 Å². The van der Waals surface area contributed by atoms with Gasteiger partial charge in [0.1, 0.15) is 33.1 Å². The SMILES string of the molecule is CC(=O)Oc1ccc(C(=O)NNC(=O)C(C)(C)ON=C(C(=O)NC2C(=O)N3CC(CSc4c(C)c(C)nc5c(C(=O)O)cnn45)(C(=O)O)CS[C@H]23)c2csc(N)n2)cc1OC(C)=O. The Labute approximate surface area is 368 Å². The largest absolute Gasteiger partial charge is 0.481 e. The monoisotopic (exact) mass is 926 g/mol. The molecule has 2 fully saturated rings. The molecule has 23 nitrogen and oxygen atoms in total. The van der Waals surface area contributed by atoms with E-state index in [0.29, 0.717) is 16.3 Å². The van der Waals surface area contributed by atoms with Crippen molar-refractivity contribution in [2.24, 2.45) is 10.6 Å². The number of ether oxygens (including phenoxy) is 2. The fourth-order valence-electron chi connectivity index (χ4n) is 6.06. The number of carboxylic acids is 2. The number of thiazole rings is 1. The maximum absolute atomic E-state index is 13.8. The first-order valence-corrected chi connectivity index (χ1v) is 21.3. The zero-order chi connectivity index (χ0) is 46.1. The maximum atomic E-state index is 13.8. The molecule has 2 aliphatic heterocycles. The summed E-state index contributed by atoms with van der Waals surface area (Å²) in [6.45, 7) is 8.06. The number of aryl methyl sites for hydroxylation is 1. The van der Waals surface area contributed by atoms with Crippen molar-refractivity contribution in [2.75, 3.05) is 23.8 Å². The number of nitrogens with zero attached hydrogens (tertiary/aromatic N) is 6. The van der Waals surface area contributed by atoms with Crippen LogP contribution in [0, 0.1) is 19.3 Å². The number of benzene rings is 1. The second-order valence-corrected chi connectivity index (χ2v) is 17.5. The van der Waals surface area contributed by atoms with Gasteiger partial charge in [0.2, 0.25) is 11.5 Å². The normalized spacial score (nSPS) is 18.4. The summed E-state index contributed by atoms with van der Waals surface area (Å²) in [7, 11) is 0. The quantitative estimate of drug-likeness (QED) is 0.0196. The molecule has 0 spiro atoms. The third-order valence-corrected chi connectivity index (χ3v) is 13.3. The highest BCUT2D eigenvalue weighted by molar-refractivity contribution is 8.00. The number of anilines is 1. The maximum Gasteiger partial charge on any atom is 0.341 e. The van der Waals surface area contributed by atoms with Gasteiger partial charge in [-0.1, -0.05) is 5.16 Å². The van der Waals surface area contributed by atoms with Crippen LogP contribution in [0.4, 0.5) is 5.13 Å². The van der Waals surface area contributed by atoms with Crippen LogP contribution in [-0.4, -0.2) is 123 Å². The molecular weight excluding hydrogens is 889 g/mol. The minimum absolute atomic E-state index is 0.0152. The number of carbonyl (C=O) groups excluding carboxylic acids is 6. The molecule has 3 atom stereocenters. The molecular formula is C37H38N10O13S3. The van der Waals surface area contributed by atoms with E-state index >= 15 is 0 Å². The molecule has 7 N–H and O–H groups in total. The van der Waals surface area contributed by atoms with Crippen molar-refractivity contribution in [3.63, 3.8) is 0 Å². The van der Waals surface area contributed by atoms with Gasteiger partial charge < -0.3 is 40.5 Å². The number of aromatic nitrogens is 4. The number of hydrogen-bond donors (Lipinski definition) is 6. The van der Waals surface area contributed by atoms with E-state index in [0.717, 1.165) is 54.8 Å². The molecule has 2 saturated heterocycles. The van der Waals surface area contributed by atoms with Crippen molar-refractivity contribution >= 4 is 98.9 Å². The lowest BCUT2D eigenvalue weighted by atomic mass is 9.89. The summed E-state index contributed by atoms with van der Waals surface area (Å²) in [4.78, 5) is 116. The smallest absolute Gasteiger partial charge is 0.341 e. The van der Waals surface area contributed by atoms with Gasteiger partial charge in [-0.2, -0.15) is 5.10 Å². The predicted molar refractivity (Wildman–Crippen MR) is 223 cm³/mol. The first-order chi connectivity index (χ1) is 29.6. The lowest BCUT2D eigenvalue weighted by Crippen LogP contribution is -2.74. The number of esters is 2. The van der Waals surface area contributed by atoms with Gasteiger partial charge in [-0.15, -0.1) is 34.9 Å². The summed E-state index contributed by atoms with van der Waals surface area (Å²) in [5, 5.41) is 32.1. The molecule has 3 aromatic heterocycles. The number of oxime groups is 1. The summed E-state index contributed by atoms with van der Waals surface area (Å²) in [6, 6.07) is 2.46. The molecule has 2 unspecified atom stereocenters. The van der Waals surface area contributed by atoms with E-state index in [1.807, 2.05) is 0 Å². The number of fused-ring (bicyclic) bond motifs is 2. The van der Waals surface area contributed by atoms with Gasteiger partial charge >= 0.3 is 23.9 Å². The highest BCUT2D eigenvalue weighted by Gasteiger charge is 2.57. The fourth-order valence-corrected chi connectivity index (χ4v) is 9.63. The Kier molecular flexibility index (Phi) is 13.0. The number of hydrogen-bond acceptors (Lipinski definition) is 19. The second-order valence-electron chi connectivity index (χ2n) is 14.6. The molecule has 63 heavy (non-hydrogen) atoms. The van der Waals surface area contributed by atoms with Gasteiger partial charge in [-0.05, 0) is 45.9 Å². The molecule has 6 rings (SSSR count). The molecule has 26 heteroatoms. The van der Waals surface area contributed by atoms with Crippen LogP contribution >= 0.6 is 34.9 Å². The molecule has 1 aromatic carbocycles. The number of thioether (sulfide) groups is 2. The number of carbonyl (C=O) groups is 8. The number of β-lactam (4-membered cyclic amide) rings is 1. The van der Waals surface area contributed by atoms with Crippen LogP contribution in [-0.2, 0) is 33.6 Å². The topological polar surface area (TPSA) is 325 Å². The standard InChI is InChI=1S/C37H38N10O13S3/c1-15-16(2)40-26-20(32(53)54)10-39-47(26)30(15)62-13-37(34(56)57)12-46-29(52)25(31(46)63-14-37)42-28(51)24(21-11-61-35(38)41-21)45-60-36(5,6)33(55)44-43-27(50)19-7-8-22(58-17(3)48)23(9-19)59-18(4)49/h7-11,25,31H,12-14H2,1-6H3,(H2,38,41)(H,42,51)(H,43,50)(H,44,55)(H,53,54)(H,56,57)/t25?,31-,37?/m1/s1. The number of aliphatic carboxylic acids is 1. The van der Waals surface area contributed by atoms with Gasteiger partial charge in [0.25, 0.3) is 17.7 Å². The van der Waals surface area contributed by atoms with Crippen molar-refractivity contribution in [1.82, 2.24) is 40.7 Å². The minimum atomic E-state index is -1.86. The Bertz CT molecular complexity index is 2630. The summed E-state index contributed by atoms with van der Waals surface area (Å²) in [5.41, 5.74) is 7.48. The number of rotatable bonds is 14. The van der Waals surface area contributed by atoms with E-state index in [4.69, 9.17) is 20.0 Å². The zero-order valence-electron chi connectivity index (χ0n) is 34.0. The lowest BCUT2D eigenvalue weighted by molar-refractivity contribution is -0.157. The summed E-state index contributed by atoms with van der Waals surface area (Å²) in [6.07, 6.45) is 1.17. The van der Waals surface area contributed by atoms with Crippen LogP contribution in [0.2, 0.25) is 0 Å². The van der Waals surface area contributed by atoms with Crippen molar-refractivity contribution < 1.29 is 62.9 Å². The van der Waals surface area contributed by atoms with Crippen molar-refractivity contribution in [3.05, 3.63) is 57.9 Å². The molecule has 332 valence electrons. The highest BCUT2D eigenvalue weighted by Crippen LogP contribution is 2.45. The van der Waals surface area contributed by atoms with Crippen LogP contribution in [0.3, 0.4) is 0 Å². The Balaban J connectivity index is 1.11. The molecule has 0 saturated carbocycles. The first kappa shape index (κ1) is 45.7. The van der Waals surface area contributed by atoms with Crippen molar-refractivity contribution in [2.45, 2.75) is 63.6 Å². The third-order valence-electron chi connectivity index (χ3n) is 9.57. The van der Waals surface area contributed by atoms with Crippen LogP contribution in [0.15, 0.2) is 40.0 Å². The van der Waals surface area contributed by atoms with Crippen molar-refractivity contribution in [3.8, 4) is 11.5 Å². The molecule has 4 amide bonds. The molecule has 0 aliphatic carbocycles. The van der Waals surface area contributed by atoms with Gasteiger partial charge in [0.05, 0.1) is 6.20 Å². The van der Waals surface area contributed by atoms with Gasteiger partial charge in [-0.25, -0.2) is 19.3 Å². The Morgan fingerprint density at radius 1 is 1.05 bits per heavy atom. The van der Waals surface area contributed by atoms with Crippen LogP contribution in [0.25, 0.3) is 5.65 Å². The number of nitrogens with two attached hydrogens (primary N) is 1. The van der Waals surface area contributed by atoms with E-state index in [-0.39, 0.29) is 57.1 Å². The Morgan fingerprint density at radius 3 is 2.38 bits per heavy atom. The average Bonchev–Trinajstić information content (AvgIpc) is 3.85. The zero-order valence-corrected chi connectivity index (χ0v) is 36.5. The summed E-state index contributed by atoms with van der Waals surface area (Å²) in [5.74, 6) is -7.46. The molecule has 4 aromatic rings. The van der Waals surface area contributed by atoms with Crippen LogP contribution in [0.1, 0.15) is 65.4 Å². The minimum Gasteiger partial charge on any atom is -0.481 e. The number of aromatic carboxylic acids is 1. The number of nitrogen functional groups attached to an aromatic ring is 1. The summed E-state index contributed by atoms with van der Waals surface area (Å²) < 4.78 is 11.4. The van der Waals surface area contributed by atoms with E-state index in [9.17, 15) is 48.6 Å². The lowest BCUT2D eigenvalue weighted by Gasteiger charge is -2.53. The highest BCUT2D eigenvalue weighted by atomic mass is 32.2. The average molecular weight is 927 g/mol. The number of carboxylic acid groups (broad SMARTS) is 2. The molecule has 0 bridgehead atoms. The van der Waals surface area contributed by atoms with E-state index in [1.165, 1.54) is 47.0 Å². The molecule has 2 aliphatic rings. The number of hydrazine groups is 1. The van der Waals surface area contributed by atoms with Crippen LogP contribution in [0.5, 0.6) is 11.5 Å². The number of nitrogens with one attached hydrogen (secondary N) is 3. The third kappa shape index (κ3) is 9.51. The molecule has 0 radical (unpaired) electrons. The van der Waals surface area contributed by atoms with E-state index in [1.54, 1.807) is 13.8 Å². The van der Waals surface area contributed by atoms with Crippen LogP contribution < -0.4 is 31.4 Å². The Morgan fingerprint density at radius 2 is 1.75 bits per heavy atom. The predicted octanol–water partition coefficient (Wildman–Crippen LogP) is 1.16. The summed E-state index contributed by atoms with van der Waals surface area (Å²) >= 11 is 3.28. The van der Waals surface area contributed by atoms with E-state index < -0.39 is 75.6 Å². The first-order valence-electron chi connectivity index (χ1n) is 18.4. The van der Waals surface area contributed by atoms with Gasteiger partial charge in [0, 0.05) is 54.1 Å². The van der Waals surface area contributed by atoms with Crippen molar-refractivity contribution in [1.29, 1.82) is 0 Å². The van der Waals surface area contributed by atoms with Gasteiger partial charge in [0.15, 0.2) is 28.0 Å². The fraction of sp³-hybridized carbons (Fsp3) is 0.351. The van der Waals surface area contributed by atoms with Gasteiger partial charge in [-0.3, -0.25) is 44.4 Å².